The first-order chi connectivity index (χ1) is 17.2. The van der Waals surface area contributed by atoms with Gasteiger partial charge in [-0.3, -0.25) is 19.8 Å². The maximum Gasteiger partial charge on any atom is 0.414 e. The van der Waals surface area contributed by atoms with Crippen LogP contribution in [0.5, 0.6) is 0 Å². The van der Waals surface area contributed by atoms with Gasteiger partial charge in [0.15, 0.2) is 10.8 Å². The topological polar surface area (TPSA) is 154 Å². The molecule has 1 aromatic heterocycles. The normalized spacial score (nSPS) is 18.0. The largest absolute Gasteiger partial charge is 0.476 e. The van der Waals surface area contributed by atoms with Crippen LogP contribution in [0, 0.1) is 5.82 Å². The van der Waals surface area contributed by atoms with Crippen LogP contribution >= 0.6 is 11.3 Å². The van der Waals surface area contributed by atoms with E-state index in [4.69, 9.17) is 14.7 Å². The minimum atomic E-state index is -1.20. The molecule has 4 rings (SSSR count). The SMILES string of the molecule is CC(=O)NC[C@H]1CN(c2ccc(N3CCON(C(=O)Nc4nc(C(=O)O)cs4)CC3)c(F)c2)C(=O)O1. The Morgan fingerprint density at radius 1 is 1.28 bits per heavy atom. The van der Waals surface area contributed by atoms with E-state index < -0.39 is 30.0 Å². The predicted molar refractivity (Wildman–Crippen MR) is 126 cm³/mol. The summed E-state index contributed by atoms with van der Waals surface area (Å²) in [7, 11) is 0. The Bertz CT molecular complexity index is 1180. The van der Waals surface area contributed by atoms with Crippen LogP contribution in [0.15, 0.2) is 23.6 Å². The third-order valence-corrected chi connectivity index (χ3v) is 6.14. The molecule has 4 amide bonds. The lowest BCUT2D eigenvalue weighted by Crippen LogP contribution is -2.37. The first-order valence-corrected chi connectivity index (χ1v) is 11.8. The number of benzene rings is 1. The van der Waals surface area contributed by atoms with Crippen molar-refractivity contribution in [3.8, 4) is 0 Å². The molecule has 0 bridgehead atoms. The molecule has 2 fully saturated rings. The van der Waals surface area contributed by atoms with E-state index in [0.717, 1.165) is 16.4 Å². The molecule has 192 valence electrons. The molecule has 0 aliphatic carbocycles. The number of carboxylic acid groups (broad SMARTS) is 1. The number of aromatic carboxylic acids is 1. The Kier molecular flexibility index (Phi) is 7.49. The third-order valence-electron chi connectivity index (χ3n) is 5.38. The van der Waals surface area contributed by atoms with Gasteiger partial charge in [0, 0.05) is 25.4 Å². The average Bonchev–Trinajstić information content (AvgIpc) is 3.36. The zero-order valence-corrected chi connectivity index (χ0v) is 19.9. The van der Waals surface area contributed by atoms with Crippen molar-refractivity contribution in [2.24, 2.45) is 0 Å². The van der Waals surface area contributed by atoms with Crippen LogP contribution in [0.2, 0.25) is 0 Å². The van der Waals surface area contributed by atoms with Crippen molar-refractivity contribution in [1.29, 1.82) is 0 Å². The van der Waals surface area contributed by atoms with Gasteiger partial charge < -0.3 is 20.1 Å². The molecular weight excluding hydrogens is 499 g/mol. The highest BCUT2D eigenvalue weighted by molar-refractivity contribution is 7.14. The number of thiazole rings is 1. The lowest BCUT2D eigenvalue weighted by Gasteiger charge is -2.23. The van der Waals surface area contributed by atoms with Gasteiger partial charge in [-0.1, -0.05) is 0 Å². The van der Waals surface area contributed by atoms with Gasteiger partial charge >= 0.3 is 18.1 Å². The summed E-state index contributed by atoms with van der Waals surface area (Å²) in [4.78, 5) is 59.0. The highest BCUT2D eigenvalue weighted by atomic mass is 32.1. The summed E-state index contributed by atoms with van der Waals surface area (Å²) in [5.74, 6) is -2.01. The molecule has 13 nitrogen and oxygen atoms in total. The molecule has 1 atom stereocenters. The molecule has 2 aliphatic heterocycles. The van der Waals surface area contributed by atoms with Crippen LogP contribution in [0.25, 0.3) is 0 Å². The van der Waals surface area contributed by atoms with Crippen LogP contribution in [0.3, 0.4) is 0 Å². The van der Waals surface area contributed by atoms with Crippen molar-refractivity contribution in [2.75, 3.05) is 54.4 Å². The number of nitrogens with zero attached hydrogens (tertiary/aromatic N) is 4. The minimum absolute atomic E-state index is 0.0934. The second-order valence-corrected chi connectivity index (χ2v) is 8.74. The number of carbonyl (C=O) groups excluding carboxylic acids is 3. The quantitative estimate of drug-likeness (QED) is 0.515. The molecule has 0 unspecified atom stereocenters. The van der Waals surface area contributed by atoms with E-state index >= 15 is 4.39 Å². The van der Waals surface area contributed by atoms with Gasteiger partial charge in [0.2, 0.25) is 5.91 Å². The first-order valence-electron chi connectivity index (χ1n) is 10.9. The second kappa shape index (κ2) is 10.7. The molecule has 0 radical (unpaired) electrons. The summed E-state index contributed by atoms with van der Waals surface area (Å²) >= 11 is 0.969. The van der Waals surface area contributed by atoms with E-state index in [1.807, 2.05) is 0 Å². The summed E-state index contributed by atoms with van der Waals surface area (Å²) in [6.07, 6.45) is -1.16. The van der Waals surface area contributed by atoms with E-state index in [-0.39, 0.29) is 55.2 Å². The van der Waals surface area contributed by atoms with Crippen LogP contribution in [-0.2, 0) is 14.4 Å². The zero-order valence-electron chi connectivity index (χ0n) is 19.1. The van der Waals surface area contributed by atoms with Crippen molar-refractivity contribution in [1.82, 2.24) is 15.4 Å². The molecule has 2 aliphatic rings. The smallest absolute Gasteiger partial charge is 0.414 e. The molecule has 1 aromatic carbocycles. The van der Waals surface area contributed by atoms with Gasteiger partial charge in [0.1, 0.15) is 11.9 Å². The molecule has 3 heterocycles. The van der Waals surface area contributed by atoms with Crippen molar-refractivity contribution < 1.29 is 38.2 Å². The summed E-state index contributed by atoms with van der Waals surface area (Å²) in [6, 6.07) is 3.74. The molecule has 2 aromatic rings. The van der Waals surface area contributed by atoms with Gasteiger partial charge in [0.05, 0.1) is 37.6 Å². The van der Waals surface area contributed by atoms with Crippen LogP contribution in [0.1, 0.15) is 17.4 Å². The number of urea groups is 1. The average molecular weight is 523 g/mol. The number of anilines is 3. The number of halogens is 1. The van der Waals surface area contributed by atoms with Gasteiger partial charge in [-0.2, -0.15) is 0 Å². The summed E-state index contributed by atoms with van der Waals surface area (Å²) < 4.78 is 20.3. The number of rotatable bonds is 6. The highest BCUT2D eigenvalue weighted by Gasteiger charge is 2.33. The first kappa shape index (κ1) is 25.1. The monoisotopic (exact) mass is 522 g/mol. The van der Waals surface area contributed by atoms with Crippen LogP contribution in [-0.4, -0.2) is 84.6 Å². The Balaban J connectivity index is 1.36. The number of hydrogen-bond acceptors (Lipinski definition) is 9. The van der Waals surface area contributed by atoms with Gasteiger partial charge in [-0.25, -0.2) is 28.8 Å². The maximum absolute atomic E-state index is 15.0. The van der Waals surface area contributed by atoms with E-state index in [2.05, 4.69) is 15.6 Å². The summed E-state index contributed by atoms with van der Waals surface area (Å²) in [6.45, 7) is 2.45. The number of aromatic nitrogens is 1. The molecule has 2 saturated heterocycles. The van der Waals surface area contributed by atoms with Gasteiger partial charge in [-0.15, -0.1) is 11.3 Å². The Hall–Kier alpha value is -3.98. The molecular formula is C21H23FN6O7S. The maximum atomic E-state index is 15.0. The second-order valence-electron chi connectivity index (χ2n) is 7.88. The van der Waals surface area contributed by atoms with E-state index in [9.17, 15) is 19.2 Å². The lowest BCUT2D eigenvalue weighted by molar-refractivity contribution is -0.119. The van der Waals surface area contributed by atoms with E-state index in [0.29, 0.717) is 12.2 Å². The molecule has 36 heavy (non-hydrogen) atoms. The number of nitrogens with one attached hydrogen (secondary N) is 2. The van der Waals surface area contributed by atoms with Crippen molar-refractivity contribution in [3.05, 3.63) is 35.1 Å². The summed E-state index contributed by atoms with van der Waals surface area (Å²) in [5, 5.41) is 16.5. The van der Waals surface area contributed by atoms with Crippen molar-refractivity contribution in [3.63, 3.8) is 0 Å². The zero-order chi connectivity index (χ0) is 25.8. The number of amides is 4. The Labute approximate surface area is 208 Å². The number of ether oxygens (including phenoxy) is 1. The standard InChI is InChI=1S/C21H23FN6O7S/c1-12(29)23-9-14-10-27(21(33)35-14)13-2-3-17(15(22)8-13)26-4-5-28(34-7-6-26)20(32)25-19-24-16(11-36-19)18(30)31/h2-3,8,11,14H,4-7,9-10H2,1H3,(H,23,29)(H,30,31)(H,24,25,32)/t14-/m0/s1. The number of cyclic esters (lactones) is 1. The molecule has 15 heteroatoms. The lowest BCUT2D eigenvalue weighted by atomic mass is 10.2. The van der Waals surface area contributed by atoms with E-state index in [1.54, 1.807) is 11.0 Å². The Morgan fingerprint density at radius 3 is 2.78 bits per heavy atom. The molecule has 0 saturated carbocycles. The fraction of sp³-hybridized carbons (Fsp3) is 0.381. The number of carbonyl (C=O) groups is 4. The number of hydrogen-bond donors (Lipinski definition) is 3. The molecule has 3 N–H and O–H groups in total. The van der Waals surface area contributed by atoms with Gasteiger partial charge in [-0.05, 0) is 18.2 Å². The highest BCUT2D eigenvalue weighted by Crippen LogP contribution is 2.28. The van der Waals surface area contributed by atoms with Crippen molar-refractivity contribution >= 4 is 51.8 Å². The van der Waals surface area contributed by atoms with Crippen LogP contribution in [0.4, 0.5) is 30.5 Å². The predicted octanol–water partition coefficient (Wildman–Crippen LogP) is 1.73. The number of carboxylic acids is 1. The van der Waals surface area contributed by atoms with Crippen LogP contribution < -0.4 is 20.4 Å². The minimum Gasteiger partial charge on any atom is -0.476 e. The summed E-state index contributed by atoms with van der Waals surface area (Å²) in [5.41, 5.74) is 0.420. The number of hydroxylamine groups is 2. The van der Waals surface area contributed by atoms with Crippen molar-refractivity contribution in [2.45, 2.75) is 13.0 Å². The Morgan fingerprint density at radius 2 is 2.08 bits per heavy atom. The third kappa shape index (κ3) is 5.80. The van der Waals surface area contributed by atoms with Gasteiger partial charge in [0.25, 0.3) is 0 Å². The fourth-order valence-electron chi connectivity index (χ4n) is 3.65. The van der Waals surface area contributed by atoms with E-state index in [1.165, 1.54) is 29.3 Å². The fourth-order valence-corrected chi connectivity index (χ4v) is 4.32. The molecule has 0 spiro atoms.